The lowest BCUT2D eigenvalue weighted by Crippen LogP contribution is -2.26. The number of nitrogens with zero attached hydrogens (tertiary/aromatic N) is 4. The molecule has 80 valence electrons. The van der Waals surface area contributed by atoms with E-state index in [-0.39, 0.29) is 5.41 Å². The molecule has 0 bridgehead atoms. The summed E-state index contributed by atoms with van der Waals surface area (Å²) in [4.78, 5) is 0. The molecule has 15 heavy (non-hydrogen) atoms. The normalized spacial score (nSPS) is 11.9. The average Bonchev–Trinajstić information content (AvgIpc) is 2.75. The van der Waals surface area contributed by atoms with E-state index in [9.17, 15) is 0 Å². The molecule has 0 N–H and O–H groups in total. The summed E-state index contributed by atoms with van der Waals surface area (Å²) >= 11 is 0. The van der Waals surface area contributed by atoms with Crippen LogP contribution in [0, 0.1) is 5.41 Å². The lowest BCUT2D eigenvalue weighted by molar-refractivity contribution is 0.237. The first-order valence-corrected chi connectivity index (χ1v) is 5.11. The fraction of sp³-hybridized carbons (Fsp3) is 0.455. The maximum absolute atomic E-state index is 4.22. The second kappa shape index (κ2) is 3.88. The van der Waals surface area contributed by atoms with Gasteiger partial charge in [0.2, 0.25) is 0 Å². The molecule has 0 spiro atoms. The molecule has 0 aliphatic heterocycles. The molecule has 0 atom stereocenters. The lowest BCUT2D eigenvalue weighted by atomic mass is 9.94. The molecule has 0 aromatic carbocycles. The highest BCUT2D eigenvalue weighted by molar-refractivity contribution is 4.83. The first-order chi connectivity index (χ1) is 7.16. The van der Waals surface area contributed by atoms with Crippen LogP contribution in [0.3, 0.4) is 0 Å². The van der Waals surface area contributed by atoms with Gasteiger partial charge in [-0.2, -0.15) is 10.2 Å². The highest BCUT2D eigenvalue weighted by atomic mass is 15.3. The molecule has 2 aromatic heterocycles. The highest BCUT2D eigenvalue weighted by Crippen LogP contribution is 2.19. The van der Waals surface area contributed by atoms with E-state index < -0.39 is 0 Å². The number of hydrogen-bond donors (Lipinski definition) is 0. The van der Waals surface area contributed by atoms with Gasteiger partial charge in [0.1, 0.15) is 0 Å². The first kappa shape index (κ1) is 9.96. The van der Waals surface area contributed by atoms with E-state index in [0.717, 1.165) is 13.1 Å². The average molecular weight is 204 g/mol. The zero-order chi connectivity index (χ0) is 10.7. The van der Waals surface area contributed by atoms with Crippen LogP contribution >= 0.6 is 0 Å². The summed E-state index contributed by atoms with van der Waals surface area (Å²) in [6.45, 7) is 6.24. The molecular weight excluding hydrogens is 188 g/mol. The van der Waals surface area contributed by atoms with E-state index in [1.807, 2.05) is 46.3 Å². The Balaban J connectivity index is 2.01. The summed E-state index contributed by atoms with van der Waals surface area (Å²) in [6, 6.07) is 3.90. The van der Waals surface area contributed by atoms with Crippen LogP contribution in [0.2, 0.25) is 0 Å². The largest absolute Gasteiger partial charge is 0.272 e. The SMILES string of the molecule is CC(C)(Cn1cccn1)Cn1cccn1. The van der Waals surface area contributed by atoms with Gasteiger partial charge >= 0.3 is 0 Å². The molecule has 0 aliphatic carbocycles. The molecule has 0 aliphatic rings. The van der Waals surface area contributed by atoms with Crippen molar-refractivity contribution in [2.24, 2.45) is 5.41 Å². The van der Waals surface area contributed by atoms with Gasteiger partial charge in [-0.25, -0.2) is 0 Å². The van der Waals surface area contributed by atoms with Crippen molar-refractivity contribution in [2.45, 2.75) is 26.9 Å². The Morgan fingerprint density at radius 2 is 1.40 bits per heavy atom. The molecule has 0 fully saturated rings. The van der Waals surface area contributed by atoms with Gasteiger partial charge in [-0.15, -0.1) is 0 Å². The van der Waals surface area contributed by atoms with E-state index in [0.29, 0.717) is 0 Å². The Kier molecular flexibility index (Phi) is 2.58. The van der Waals surface area contributed by atoms with Crippen LogP contribution in [0.25, 0.3) is 0 Å². The van der Waals surface area contributed by atoms with E-state index in [2.05, 4.69) is 24.0 Å². The topological polar surface area (TPSA) is 35.6 Å². The van der Waals surface area contributed by atoms with Crippen molar-refractivity contribution in [3.8, 4) is 0 Å². The summed E-state index contributed by atoms with van der Waals surface area (Å²) in [5, 5.41) is 8.44. The first-order valence-electron chi connectivity index (χ1n) is 5.11. The van der Waals surface area contributed by atoms with Crippen LogP contribution in [0.15, 0.2) is 36.9 Å². The second-order valence-corrected chi connectivity index (χ2v) is 4.57. The van der Waals surface area contributed by atoms with Crippen LogP contribution in [0.1, 0.15) is 13.8 Å². The van der Waals surface area contributed by atoms with Crippen LogP contribution in [0.5, 0.6) is 0 Å². The van der Waals surface area contributed by atoms with Gasteiger partial charge in [0.25, 0.3) is 0 Å². The lowest BCUT2D eigenvalue weighted by Gasteiger charge is -2.24. The van der Waals surface area contributed by atoms with Crippen molar-refractivity contribution >= 4 is 0 Å². The fourth-order valence-corrected chi connectivity index (χ4v) is 1.72. The van der Waals surface area contributed by atoms with Crippen LogP contribution in [-0.2, 0) is 13.1 Å². The van der Waals surface area contributed by atoms with Crippen molar-refractivity contribution in [2.75, 3.05) is 0 Å². The van der Waals surface area contributed by atoms with Crippen LogP contribution < -0.4 is 0 Å². The Hall–Kier alpha value is -1.58. The third-order valence-electron chi connectivity index (χ3n) is 2.30. The molecule has 4 heteroatoms. The standard InChI is InChI=1S/C11H16N4/c1-11(2,9-14-7-3-5-12-14)10-15-8-4-6-13-15/h3-8H,9-10H2,1-2H3. The van der Waals surface area contributed by atoms with Crippen molar-refractivity contribution in [3.63, 3.8) is 0 Å². The van der Waals surface area contributed by atoms with E-state index in [4.69, 9.17) is 0 Å². The summed E-state index contributed by atoms with van der Waals surface area (Å²) < 4.78 is 3.92. The number of aromatic nitrogens is 4. The van der Waals surface area contributed by atoms with Crippen LogP contribution in [-0.4, -0.2) is 19.6 Å². The van der Waals surface area contributed by atoms with Crippen molar-refractivity contribution in [3.05, 3.63) is 36.9 Å². The van der Waals surface area contributed by atoms with Gasteiger partial charge in [-0.1, -0.05) is 13.8 Å². The van der Waals surface area contributed by atoms with Gasteiger partial charge in [0, 0.05) is 43.3 Å². The van der Waals surface area contributed by atoms with Crippen molar-refractivity contribution < 1.29 is 0 Å². The molecule has 0 radical (unpaired) electrons. The van der Waals surface area contributed by atoms with Gasteiger partial charge in [0.15, 0.2) is 0 Å². The van der Waals surface area contributed by atoms with Gasteiger partial charge in [-0.05, 0) is 12.1 Å². The molecule has 0 amide bonds. The maximum Gasteiger partial charge on any atom is 0.0489 e. The minimum absolute atomic E-state index is 0.151. The second-order valence-electron chi connectivity index (χ2n) is 4.57. The van der Waals surface area contributed by atoms with Crippen molar-refractivity contribution in [1.82, 2.24) is 19.6 Å². The predicted octanol–water partition coefficient (Wildman–Crippen LogP) is 1.81. The van der Waals surface area contributed by atoms with Gasteiger partial charge < -0.3 is 0 Å². The summed E-state index contributed by atoms with van der Waals surface area (Å²) in [7, 11) is 0. The Bertz CT molecular complexity index is 348. The molecule has 2 aromatic rings. The summed E-state index contributed by atoms with van der Waals surface area (Å²) in [6.07, 6.45) is 7.60. The molecule has 4 nitrogen and oxygen atoms in total. The maximum atomic E-state index is 4.22. The molecule has 0 saturated heterocycles. The quantitative estimate of drug-likeness (QED) is 0.761. The Morgan fingerprint density at radius 3 is 1.73 bits per heavy atom. The number of rotatable bonds is 4. The van der Waals surface area contributed by atoms with E-state index in [1.165, 1.54) is 0 Å². The third-order valence-corrected chi connectivity index (χ3v) is 2.30. The smallest absolute Gasteiger partial charge is 0.0489 e. The van der Waals surface area contributed by atoms with Crippen LogP contribution in [0.4, 0.5) is 0 Å². The Morgan fingerprint density at radius 1 is 0.933 bits per heavy atom. The monoisotopic (exact) mass is 204 g/mol. The van der Waals surface area contributed by atoms with Gasteiger partial charge in [-0.3, -0.25) is 9.36 Å². The molecule has 0 unspecified atom stereocenters. The third kappa shape index (κ3) is 2.68. The van der Waals surface area contributed by atoms with Gasteiger partial charge in [0.05, 0.1) is 0 Å². The highest BCUT2D eigenvalue weighted by Gasteiger charge is 2.19. The van der Waals surface area contributed by atoms with E-state index in [1.54, 1.807) is 0 Å². The fourth-order valence-electron chi connectivity index (χ4n) is 1.72. The minimum atomic E-state index is 0.151. The molecule has 2 rings (SSSR count). The summed E-state index contributed by atoms with van der Waals surface area (Å²) in [5.41, 5.74) is 0.151. The molecular formula is C11H16N4. The predicted molar refractivity (Wildman–Crippen MR) is 58.2 cm³/mol. The summed E-state index contributed by atoms with van der Waals surface area (Å²) in [5.74, 6) is 0. The Labute approximate surface area is 89.5 Å². The minimum Gasteiger partial charge on any atom is -0.272 e. The molecule has 0 saturated carbocycles. The molecule has 2 heterocycles. The van der Waals surface area contributed by atoms with Crippen molar-refractivity contribution in [1.29, 1.82) is 0 Å². The van der Waals surface area contributed by atoms with E-state index >= 15 is 0 Å². The zero-order valence-corrected chi connectivity index (χ0v) is 9.17. The zero-order valence-electron chi connectivity index (χ0n) is 9.17. The number of hydrogen-bond acceptors (Lipinski definition) is 2.